The fourth-order valence-corrected chi connectivity index (χ4v) is 1.57. The molecule has 0 atom stereocenters. The predicted octanol–water partition coefficient (Wildman–Crippen LogP) is 0.319. The number of nitrogens with zero attached hydrogens (tertiary/aromatic N) is 2. The van der Waals surface area contributed by atoms with Gasteiger partial charge in [-0.3, -0.25) is 15.1 Å². The molecular formula is C13H18N4O4. The van der Waals surface area contributed by atoms with E-state index in [1.54, 1.807) is 0 Å². The van der Waals surface area contributed by atoms with Crippen molar-refractivity contribution in [2.75, 3.05) is 18.5 Å². The van der Waals surface area contributed by atoms with Gasteiger partial charge in [0.05, 0.1) is 6.54 Å². The van der Waals surface area contributed by atoms with E-state index in [9.17, 15) is 9.59 Å². The van der Waals surface area contributed by atoms with Crippen LogP contribution < -0.4 is 10.7 Å². The molecule has 114 valence electrons. The molecule has 0 amide bonds. The van der Waals surface area contributed by atoms with Gasteiger partial charge in [-0.25, -0.2) is 9.59 Å². The molecule has 2 heterocycles. The van der Waals surface area contributed by atoms with Crippen LogP contribution in [0.5, 0.6) is 0 Å². The normalized spacial score (nSPS) is 13.1. The highest BCUT2D eigenvalue weighted by Gasteiger charge is 2.06. The van der Waals surface area contributed by atoms with Crippen LogP contribution in [-0.2, 0) is 9.59 Å². The van der Waals surface area contributed by atoms with Gasteiger partial charge in [-0.15, -0.1) is 0 Å². The molecule has 0 unspecified atom stereocenters. The Morgan fingerprint density at radius 3 is 2.14 bits per heavy atom. The average molecular weight is 294 g/mol. The van der Waals surface area contributed by atoms with E-state index in [0.29, 0.717) is 12.2 Å². The van der Waals surface area contributed by atoms with Crippen LogP contribution in [-0.4, -0.2) is 45.9 Å². The maximum atomic E-state index is 9.55. The van der Waals surface area contributed by atoms with Gasteiger partial charge in [-0.05, 0) is 26.0 Å². The fraction of sp³-hybridized carbons (Fsp3) is 0.308. The van der Waals surface area contributed by atoms with Crippen LogP contribution in [0.25, 0.3) is 0 Å². The molecule has 1 aromatic rings. The first kappa shape index (κ1) is 16.3. The molecule has 8 nitrogen and oxygen atoms in total. The number of aliphatic imine (C=N–C) groups is 1. The van der Waals surface area contributed by atoms with Gasteiger partial charge in [0, 0.05) is 30.1 Å². The second kappa shape index (κ2) is 7.73. The van der Waals surface area contributed by atoms with Crippen LogP contribution in [0.4, 0.5) is 0 Å². The smallest absolute Gasteiger partial charge is 0.328 e. The van der Waals surface area contributed by atoms with Crippen molar-refractivity contribution in [1.82, 2.24) is 9.99 Å². The number of carboxylic acids is 2. The van der Waals surface area contributed by atoms with Gasteiger partial charge >= 0.3 is 11.9 Å². The Balaban J connectivity index is 0.000000240. The van der Waals surface area contributed by atoms with Crippen molar-refractivity contribution >= 4 is 17.9 Å². The summed E-state index contributed by atoms with van der Waals surface area (Å²) in [4.78, 5) is 23.4. The van der Waals surface area contributed by atoms with Crippen LogP contribution in [0.2, 0.25) is 0 Å². The summed E-state index contributed by atoms with van der Waals surface area (Å²) in [5.41, 5.74) is 5.59. The summed E-state index contributed by atoms with van der Waals surface area (Å²) in [6, 6.07) is 4.16. The van der Waals surface area contributed by atoms with Gasteiger partial charge in [0.25, 0.3) is 0 Å². The van der Waals surface area contributed by atoms with Gasteiger partial charge in [-0.1, -0.05) is 0 Å². The molecule has 1 aliphatic heterocycles. The first-order chi connectivity index (χ1) is 9.90. The number of carbonyl (C=O) groups is 2. The number of nitrogens with one attached hydrogen (secondary N) is 2. The number of hydrogen-bond donors (Lipinski definition) is 4. The summed E-state index contributed by atoms with van der Waals surface area (Å²) < 4.78 is 2.02. The summed E-state index contributed by atoms with van der Waals surface area (Å²) in [6.07, 6.45) is 1.12. The summed E-state index contributed by atoms with van der Waals surface area (Å²) in [5, 5.41) is 18.8. The Labute approximate surface area is 121 Å². The molecule has 0 fully saturated rings. The van der Waals surface area contributed by atoms with Crippen molar-refractivity contribution in [3.8, 4) is 0 Å². The first-order valence-electron chi connectivity index (χ1n) is 6.24. The lowest BCUT2D eigenvalue weighted by atomic mass is 10.5. The summed E-state index contributed by atoms with van der Waals surface area (Å²) in [7, 11) is 0. The third-order valence-corrected chi connectivity index (χ3v) is 2.53. The van der Waals surface area contributed by atoms with Gasteiger partial charge < -0.3 is 15.5 Å². The number of aliphatic carboxylic acids is 2. The molecule has 0 aliphatic carbocycles. The Morgan fingerprint density at radius 1 is 1.24 bits per heavy atom. The van der Waals surface area contributed by atoms with Crippen molar-refractivity contribution in [2.45, 2.75) is 13.8 Å². The summed E-state index contributed by atoms with van der Waals surface area (Å²) in [5.74, 6) is -1.65. The molecular weight excluding hydrogens is 276 g/mol. The highest BCUT2D eigenvalue weighted by Crippen LogP contribution is 2.04. The van der Waals surface area contributed by atoms with E-state index in [2.05, 4.69) is 41.7 Å². The molecule has 0 radical (unpaired) electrons. The largest absolute Gasteiger partial charge is 0.478 e. The molecule has 1 aliphatic rings. The Hall–Kier alpha value is -2.77. The molecule has 1 aromatic heterocycles. The third-order valence-electron chi connectivity index (χ3n) is 2.53. The maximum Gasteiger partial charge on any atom is 0.328 e. The molecule has 0 bridgehead atoms. The van der Waals surface area contributed by atoms with E-state index in [-0.39, 0.29) is 0 Å². The van der Waals surface area contributed by atoms with Crippen molar-refractivity contribution in [3.05, 3.63) is 35.7 Å². The van der Waals surface area contributed by atoms with E-state index >= 15 is 0 Å². The number of carboxylic acid groups (broad SMARTS) is 2. The molecule has 2 rings (SSSR count). The zero-order valence-corrected chi connectivity index (χ0v) is 11.8. The zero-order valence-electron chi connectivity index (χ0n) is 11.8. The number of rotatable bonds is 3. The predicted molar refractivity (Wildman–Crippen MR) is 78.0 cm³/mol. The fourth-order valence-electron chi connectivity index (χ4n) is 1.57. The van der Waals surface area contributed by atoms with Crippen LogP contribution in [0, 0.1) is 13.8 Å². The minimum Gasteiger partial charge on any atom is -0.478 e. The van der Waals surface area contributed by atoms with E-state index in [1.165, 1.54) is 11.4 Å². The van der Waals surface area contributed by atoms with Crippen LogP contribution in [0.1, 0.15) is 11.4 Å². The Kier molecular flexibility index (Phi) is 5.99. The lowest BCUT2D eigenvalue weighted by Crippen LogP contribution is -2.33. The second-order valence-corrected chi connectivity index (χ2v) is 4.23. The molecule has 0 saturated carbocycles. The standard InChI is InChI=1S/C9H14N4.C4H4O4/c1-7-3-4-8(2)13(7)12-9-10-5-6-11-9;5-3(6)1-2-4(7)8/h3-4H,5-6H2,1-2H3,(H2,10,11,12);1-2H,(H,5,6)(H,7,8)/b;2-1-. The van der Waals surface area contributed by atoms with Crippen molar-refractivity contribution in [1.29, 1.82) is 0 Å². The number of aryl methyl sites for hydroxylation is 2. The van der Waals surface area contributed by atoms with E-state index in [0.717, 1.165) is 19.0 Å². The Morgan fingerprint density at radius 2 is 1.76 bits per heavy atom. The number of guanidine groups is 1. The molecule has 0 spiro atoms. The van der Waals surface area contributed by atoms with E-state index in [4.69, 9.17) is 10.2 Å². The molecule has 0 aromatic carbocycles. The number of aromatic nitrogens is 1. The summed E-state index contributed by atoms with van der Waals surface area (Å²) in [6.45, 7) is 5.93. The minimum absolute atomic E-state index is 0.558. The molecule has 21 heavy (non-hydrogen) atoms. The average Bonchev–Trinajstić information content (AvgIpc) is 3.03. The zero-order chi connectivity index (χ0) is 15.8. The molecule has 4 N–H and O–H groups in total. The van der Waals surface area contributed by atoms with Crippen LogP contribution >= 0.6 is 0 Å². The van der Waals surface area contributed by atoms with Gasteiger partial charge in [0.2, 0.25) is 5.96 Å². The highest BCUT2D eigenvalue weighted by molar-refractivity contribution is 5.89. The van der Waals surface area contributed by atoms with Crippen LogP contribution in [0.15, 0.2) is 29.3 Å². The lowest BCUT2D eigenvalue weighted by molar-refractivity contribution is -0.134. The maximum absolute atomic E-state index is 9.55. The Bertz CT molecular complexity index is 539. The van der Waals surface area contributed by atoms with Crippen molar-refractivity contribution in [2.24, 2.45) is 4.99 Å². The lowest BCUT2D eigenvalue weighted by Gasteiger charge is -2.11. The van der Waals surface area contributed by atoms with Crippen molar-refractivity contribution < 1.29 is 19.8 Å². The number of hydrogen-bond acceptors (Lipinski definition) is 5. The van der Waals surface area contributed by atoms with Gasteiger partial charge in [-0.2, -0.15) is 0 Å². The third kappa shape index (κ3) is 5.81. The van der Waals surface area contributed by atoms with E-state index in [1.807, 2.05) is 4.68 Å². The minimum atomic E-state index is -1.26. The highest BCUT2D eigenvalue weighted by atomic mass is 16.4. The molecule has 8 heteroatoms. The quantitative estimate of drug-likeness (QED) is 0.597. The van der Waals surface area contributed by atoms with E-state index < -0.39 is 11.9 Å². The SMILES string of the molecule is Cc1ccc(C)n1NC1=NCCN1.O=C(O)/C=C\C(=O)O. The van der Waals surface area contributed by atoms with Crippen molar-refractivity contribution in [3.63, 3.8) is 0 Å². The van der Waals surface area contributed by atoms with Gasteiger partial charge in [0.15, 0.2) is 0 Å². The monoisotopic (exact) mass is 294 g/mol. The topological polar surface area (TPSA) is 116 Å². The summed E-state index contributed by atoms with van der Waals surface area (Å²) >= 11 is 0. The van der Waals surface area contributed by atoms with Gasteiger partial charge in [0.1, 0.15) is 0 Å². The van der Waals surface area contributed by atoms with Crippen LogP contribution in [0.3, 0.4) is 0 Å². The second-order valence-electron chi connectivity index (χ2n) is 4.23. The molecule has 0 saturated heterocycles. The first-order valence-corrected chi connectivity index (χ1v) is 6.24.